The highest BCUT2D eigenvalue weighted by molar-refractivity contribution is 5.98. The van der Waals surface area contributed by atoms with Crippen molar-refractivity contribution in [3.63, 3.8) is 0 Å². The fourth-order valence-corrected chi connectivity index (χ4v) is 3.21. The standard InChI is InChI=1S/C18H27N7O2/c1-19-18(20-11-15(22(2)3)16-6-5-9-27-16)24-7-8-25(17(26)13-24)14-10-21-23(4)12-14/h5-6,9-10,12,15H,7-8,11,13H2,1-4H3,(H,19,20). The van der Waals surface area contributed by atoms with Gasteiger partial charge in [0, 0.05) is 39.9 Å². The first-order chi connectivity index (χ1) is 13.0. The van der Waals surface area contributed by atoms with E-state index in [1.807, 2.05) is 44.4 Å². The number of aliphatic imine (C=N–C) groups is 1. The van der Waals surface area contributed by atoms with Crippen LogP contribution in [0, 0.1) is 0 Å². The largest absolute Gasteiger partial charge is 0.468 e. The summed E-state index contributed by atoms with van der Waals surface area (Å²) in [7, 11) is 7.59. The van der Waals surface area contributed by atoms with Crippen LogP contribution < -0.4 is 10.2 Å². The van der Waals surface area contributed by atoms with E-state index in [0.717, 1.165) is 11.4 Å². The number of nitrogens with one attached hydrogen (secondary N) is 1. The second kappa shape index (κ2) is 8.26. The summed E-state index contributed by atoms with van der Waals surface area (Å²) in [5.74, 6) is 1.64. The molecule has 2 aromatic rings. The topological polar surface area (TPSA) is 82.1 Å². The molecule has 1 N–H and O–H groups in total. The van der Waals surface area contributed by atoms with E-state index in [-0.39, 0.29) is 18.5 Å². The fourth-order valence-electron chi connectivity index (χ4n) is 3.21. The molecule has 1 unspecified atom stereocenters. The highest BCUT2D eigenvalue weighted by Crippen LogP contribution is 2.18. The second-order valence-electron chi connectivity index (χ2n) is 6.76. The fraction of sp³-hybridized carbons (Fsp3) is 0.500. The van der Waals surface area contributed by atoms with E-state index in [2.05, 4.69) is 20.3 Å². The van der Waals surface area contributed by atoms with Gasteiger partial charge in [-0.25, -0.2) is 0 Å². The van der Waals surface area contributed by atoms with Gasteiger partial charge in [-0.1, -0.05) is 0 Å². The average Bonchev–Trinajstić information content (AvgIpc) is 3.30. The number of rotatable bonds is 5. The lowest BCUT2D eigenvalue weighted by molar-refractivity contribution is -0.120. The number of carbonyl (C=O) groups excluding carboxylic acids is 1. The molecule has 0 aromatic carbocycles. The highest BCUT2D eigenvalue weighted by Gasteiger charge is 2.28. The van der Waals surface area contributed by atoms with Crippen LogP contribution in [-0.2, 0) is 11.8 Å². The number of guanidine groups is 1. The third-order valence-electron chi connectivity index (χ3n) is 4.68. The van der Waals surface area contributed by atoms with Crippen molar-refractivity contribution in [2.75, 3.05) is 52.2 Å². The Kier molecular flexibility index (Phi) is 5.80. The molecule has 27 heavy (non-hydrogen) atoms. The molecule has 9 heteroatoms. The minimum absolute atomic E-state index is 0.0346. The Labute approximate surface area is 159 Å². The van der Waals surface area contributed by atoms with Crippen molar-refractivity contribution in [2.45, 2.75) is 6.04 Å². The second-order valence-corrected chi connectivity index (χ2v) is 6.76. The summed E-state index contributed by atoms with van der Waals surface area (Å²) in [4.78, 5) is 22.8. The van der Waals surface area contributed by atoms with Gasteiger partial charge >= 0.3 is 0 Å². The zero-order valence-corrected chi connectivity index (χ0v) is 16.3. The number of anilines is 1. The first kappa shape index (κ1) is 19.0. The van der Waals surface area contributed by atoms with E-state index in [9.17, 15) is 4.79 Å². The summed E-state index contributed by atoms with van der Waals surface area (Å²) in [5, 5.41) is 7.52. The van der Waals surface area contributed by atoms with Gasteiger partial charge < -0.3 is 19.5 Å². The summed E-state index contributed by atoms with van der Waals surface area (Å²) in [5.41, 5.74) is 0.829. The van der Waals surface area contributed by atoms with Crippen LogP contribution in [0.5, 0.6) is 0 Å². The van der Waals surface area contributed by atoms with Crippen LogP contribution in [-0.4, -0.2) is 78.8 Å². The molecule has 1 atom stereocenters. The Hall–Kier alpha value is -2.81. The SMILES string of the molecule is CN=C(NCC(c1ccco1)N(C)C)N1CCN(c2cnn(C)c2)C(=O)C1. The molecular weight excluding hydrogens is 346 g/mol. The van der Waals surface area contributed by atoms with E-state index in [1.165, 1.54) is 0 Å². The van der Waals surface area contributed by atoms with Gasteiger partial charge in [0.2, 0.25) is 5.91 Å². The Bertz CT molecular complexity index is 781. The molecule has 3 rings (SSSR count). The average molecular weight is 373 g/mol. The van der Waals surface area contributed by atoms with Gasteiger partial charge in [0.25, 0.3) is 0 Å². The molecular formula is C18H27N7O2. The van der Waals surface area contributed by atoms with Crippen molar-refractivity contribution >= 4 is 17.6 Å². The number of amides is 1. The first-order valence-electron chi connectivity index (χ1n) is 8.94. The van der Waals surface area contributed by atoms with Crippen LogP contribution in [0.1, 0.15) is 11.8 Å². The molecule has 146 valence electrons. The predicted octanol–water partition coefficient (Wildman–Crippen LogP) is 0.540. The minimum atomic E-state index is 0.0346. The maximum atomic E-state index is 12.6. The van der Waals surface area contributed by atoms with E-state index >= 15 is 0 Å². The van der Waals surface area contributed by atoms with Crippen molar-refractivity contribution < 1.29 is 9.21 Å². The van der Waals surface area contributed by atoms with Gasteiger partial charge in [-0.15, -0.1) is 0 Å². The number of likely N-dealkylation sites (N-methyl/N-ethyl adjacent to an activating group) is 1. The monoisotopic (exact) mass is 373 g/mol. The zero-order valence-electron chi connectivity index (χ0n) is 16.3. The van der Waals surface area contributed by atoms with E-state index < -0.39 is 0 Å². The number of carbonyl (C=O) groups is 1. The van der Waals surface area contributed by atoms with Crippen molar-refractivity contribution in [2.24, 2.45) is 12.0 Å². The molecule has 1 saturated heterocycles. The van der Waals surface area contributed by atoms with Gasteiger partial charge in [-0.2, -0.15) is 5.10 Å². The van der Waals surface area contributed by atoms with Crippen molar-refractivity contribution in [3.05, 3.63) is 36.5 Å². The summed E-state index contributed by atoms with van der Waals surface area (Å²) < 4.78 is 7.25. The first-order valence-corrected chi connectivity index (χ1v) is 8.94. The van der Waals surface area contributed by atoms with Crippen LogP contribution in [0.15, 0.2) is 40.2 Å². The van der Waals surface area contributed by atoms with Gasteiger partial charge in [0.1, 0.15) is 12.3 Å². The summed E-state index contributed by atoms with van der Waals surface area (Å²) in [6.45, 7) is 2.21. The molecule has 0 radical (unpaired) electrons. The Morgan fingerprint density at radius 2 is 2.26 bits per heavy atom. The summed E-state index contributed by atoms with van der Waals surface area (Å²) >= 11 is 0. The van der Waals surface area contributed by atoms with Crippen molar-refractivity contribution in [3.8, 4) is 0 Å². The van der Waals surface area contributed by atoms with E-state index in [1.54, 1.807) is 29.1 Å². The van der Waals surface area contributed by atoms with Crippen molar-refractivity contribution in [1.29, 1.82) is 0 Å². The van der Waals surface area contributed by atoms with Gasteiger partial charge in [-0.3, -0.25) is 19.4 Å². The maximum absolute atomic E-state index is 12.6. The maximum Gasteiger partial charge on any atom is 0.246 e. The third kappa shape index (κ3) is 4.30. The molecule has 1 aliphatic rings. The molecule has 0 aliphatic carbocycles. The molecule has 1 fully saturated rings. The molecule has 1 aliphatic heterocycles. The van der Waals surface area contributed by atoms with Crippen LogP contribution in [0.2, 0.25) is 0 Å². The Morgan fingerprint density at radius 3 is 2.81 bits per heavy atom. The van der Waals surface area contributed by atoms with Crippen LogP contribution >= 0.6 is 0 Å². The molecule has 0 bridgehead atoms. The smallest absolute Gasteiger partial charge is 0.246 e. The van der Waals surface area contributed by atoms with Gasteiger partial charge in [0.05, 0.1) is 24.2 Å². The van der Waals surface area contributed by atoms with Crippen LogP contribution in [0.4, 0.5) is 5.69 Å². The van der Waals surface area contributed by atoms with Crippen molar-refractivity contribution in [1.82, 2.24) is 24.9 Å². The summed E-state index contributed by atoms with van der Waals surface area (Å²) in [6.07, 6.45) is 5.24. The highest BCUT2D eigenvalue weighted by atomic mass is 16.3. The number of aryl methyl sites for hydroxylation is 1. The lowest BCUT2D eigenvalue weighted by Crippen LogP contribution is -2.56. The Balaban J connectivity index is 1.61. The Morgan fingerprint density at radius 1 is 1.44 bits per heavy atom. The number of furan rings is 1. The normalized spacial score (nSPS) is 16.9. The molecule has 2 aromatic heterocycles. The number of nitrogens with zero attached hydrogens (tertiary/aromatic N) is 6. The van der Waals surface area contributed by atoms with Crippen LogP contribution in [0.3, 0.4) is 0 Å². The predicted molar refractivity (Wildman–Crippen MR) is 104 cm³/mol. The zero-order chi connectivity index (χ0) is 19.4. The quantitative estimate of drug-likeness (QED) is 0.609. The van der Waals surface area contributed by atoms with Gasteiger partial charge in [-0.05, 0) is 26.2 Å². The minimum Gasteiger partial charge on any atom is -0.468 e. The number of hydrogen-bond acceptors (Lipinski definition) is 5. The molecule has 3 heterocycles. The lowest BCUT2D eigenvalue weighted by Gasteiger charge is -2.36. The van der Waals surface area contributed by atoms with Gasteiger partial charge in [0.15, 0.2) is 5.96 Å². The van der Waals surface area contributed by atoms with E-state index in [0.29, 0.717) is 25.6 Å². The summed E-state index contributed by atoms with van der Waals surface area (Å²) in [6, 6.07) is 3.92. The molecule has 0 spiro atoms. The lowest BCUT2D eigenvalue weighted by atomic mass is 10.2. The number of piperazine rings is 1. The molecule has 9 nitrogen and oxygen atoms in total. The molecule has 1 amide bonds. The van der Waals surface area contributed by atoms with Crippen LogP contribution in [0.25, 0.3) is 0 Å². The third-order valence-corrected chi connectivity index (χ3v) is 4.68. The number of aromatic nitrogens is 2. The number of hydrogen-bond donors (Lipinski definition) is 1. The molecule has 0 saturated carbocycles. The van der Waals surface area contributed by atoms with E-state index in [4.69, 9.17) is 4.42 Å².